The Hall–Kier alpha value is -1.79. The summed E-state index contributed by atoms with van der Waals surface area (Å²) in [5, 5.41) is 3.03. The zero-order valence-electron chi connectivity index (χ0n) is 18.2. The first-order valence-electron chi connectivity index (χ1n) is 10.2. The summed E-state index contributed by atoms with van der Waals surface area (Å²) in [6, 6.07) is 17.5. The molecule has 0 radical (unpaired) electrons. The minimum atomic E-state index is -0.495. The van der Waals surface area contributed by atoms with Gasteiger partial charge in [0.2, 0.25) is 11.8 Å². The summed E-state index contributed by atoms with van der Waals surface area (Å²) in [7, 11) is 0. The van der Waals surface area contributed by atoms with E-state index < -0.39 is 6.04 Å². The second kappa shape index (κ2) is 11.6. The van der Waals surface area contributed by atoms with E-state index >= 15 is 0 Å². The summed E-state index contributed by atoms with van der Waals surface area (Å²) in [5.74, 6) is 0.967. The van der Waals surface area contributed by atoms with E-state index in [0.717, 1.165) is 15.8 Å². The Kier molecular flexibility index (Phi) is 9.43. The number of halogens is 1. The van der Waals surface area contributed by atoms with Crippen LogP contribution in [0.4, 0.5) is 0 Å². The van der Waals surface area contributed by atoms with Crippen molar-refractivity contribution < 1.29 is 9.59 Å². The van der Waals surface area contributed by atoms with Crippen molar-refractivity contribution in [2.45, 2.75) is 58.0 Å². The van der Waals surface area contributed by atoms with Gasteiger partial charge in [-0.2, -0.15) is 0 Å². The van der Waals surface area contributed by atoms with Crippen LogP contribution in [-0.2, 0) is 21.9 Å². The Balaban J connectivity index is 2.11. The van der Waals surface area contributed by atoms with Crippen LogP contribution >= 0.6 is 27.7 Å². The quantitative estimate of drug-likeness (QED) is 0.511. The molecule has 0 aliphatic heterocycles. The highest BCUT2D eigenvalue weighted by atomic mass is 79.9. The molecule has 0 fully saturated rings. The number of carbonyl (C=O) groups excluding carboxylic acids is 2. The largest absolute Gasteiger partial charge is 0.350 e. The van der Waals surface area contributed by atoms with Gasteiger partial charge in [-0.15, -0.1) is 11.8 Å². The Morgan fingerprint density at radius 1 is 1.03 bits per heavy atom. The summed E-state index contributed by atoms with van der Waals surface area (Å²) in [6.07, 6.45) is 0.567. The van der Waals surface area contributed by atoms with Gasteiger partial charge in [0.05, 0.1) is 5.75 Å². The number of benzene rings is 2. The topological polar surface area (TPSA) is 49.4 Å². The molecule has 30 heavy (non-hydrogen) atoms. The van der Waals surface area contributed by atoms with Crippen LogP contribution in [0.25, 0.3) is 0 Å². The highest BCUT2D eigenvalue weighted by molar-refractivity contribution is 9.10. The van der Waals surface area contributed by atoms with E-state index in [1.165, 1.54) is 5.56 Å². The maximum Gasteiger partial charge on any atom is 0.243 e. The lowest BCUT2D eigenvalue weighted by molar-refractivity contribution is -0.140. The van der Waals surface area contributed by atoms with Gasteiger partial charge < -0.3 is 10.2 Å². The lowest BCUT2D eigenvalue weighted by Crippen LogP contribution is -2.53. The Morgan fingerprint density at radius 3 is 2.23 bits per heavy atom. The fourth-order valence-corrected chi connectivity index (χ4v) is 4.21. The molecule has 1 N–H and O–H groups in total. The van der Waals surface area contributed by atoms with E-state index in [-0.39, 0.29) is 17.4 Å². The van der Waals surface area contributed by atoms with Gasteiger partial charge in [0, 0.05) is 22.3 Å². The normalized spacial score (nSPS) is 12.3. The van der Waals surface area contributed by atoms with Crippen molar-refractivity contribution in [2.75, 3.05) is 5.75 Å². The molecule has 2 aromatic rings. The van der Waals surface area contributed by atoms with Gasteiger partial charge in [0.1, 0.15) is 6.04 Å². The number of carbonyl (C=O) groups is 2. The summed E-state index contributed by atoms with van der Waals surface area (Å²) >= 11 is 5.01. The molecule has 0 saturated carbocycles. The molecule has 0 unspecified atom stereocenters. The van der Waals surface area contributed by atoms with Gasteiger partial charge in [-0.1, -0.05) is 65.3 Å². The number of hydrogen-bond acceptors (Lipinski definition) is 3. The van der Waals surface area contributed by atoms with E-state index in [2.05, 4.69) is 33.4 Å². The molecule has 2 rings (SSSR count). The average Bonchev–Trinajstić information content (AvgIpc) is 2.68. The van der Waals surface area contributed by atoms with E-state index in [0.29, 0.717) is 18.7 Å². The summed E-state index contributed by atoms with van der Waals surface area (Å²) in [6.45, 7) is 8.24. The molecule has 4 nitrogen and oxygen atoms in total. The third kappa shape index (κ3) is 8.15. The van der Waals surface area contributed by atoms with Crippen molar-refractivity contribution in [3.63, 3.8) is 0 Å². The predicted octanol–water partition coefficient (Wildman–Crippen LogP) is 5.40. The maximum atomic E-state index is 13.2. The average molecular weight is 491 g/mol. The second-order valence-electron chi connectivity index (χ2n) is 8.29. The minimum Gasteiger partial charge on any atom is -0.350 e. The van der Waals surface area contributed by atoms with Crippen LogP contribution in [-0.4, -0.2) is 34.0 Å². The standard InChI is InChI=1S/C24H31BrN2O2S/c1-5-21(23(29)26-24(2,3)4)27(15-18-9-7-6-8-10-18)22(28)17-30-16-19-11-13-20(25)14-12-19/h6-14,21H,5,15-17H2,1-4H3,(H,26,29)/t21-/m0/s1. The molecule has 162 valence electrons. The highest BCUT2D eigenvalue weighted by Crippen LogP contribution is 2.19. The number of hydrogen-bond donors (Lipinski definition) is 1. The second-order valence-corrected chi connectivity index (χ2v) is 10.2. The Morgan fingerprint density at radius 2 is 1.67 bits per heavy atom. The van der Waals surface area contributed by atoms with E-state index in [9.17, 15) is 9.59 Å². The van der Waals surface area contributed by atoms with Crippen molar-refractivity contribution >= 4 is 39.5 Å². The number of nitrogens with one attached hydrogen (secondary N) is 1. The van der Waals surface area contributed by atoms with Crippen molar-refractivity contribution in [1.82, 2.24) is 10.2 Å². The zero-order chi connectivity index (χ0) is 22.1. The molecule has 0 aliphatic carbocycles. The molecule has 1 atom stereocenters. The first-order chi connectivity index (χ1) is 14.2. The summed E-state index contributed by atoms with van der Waals surface area (Å²) in [5.41, 5.74) is 1.84. The predicted molar refractivity (Wildman–Crippen MR) is 129 cm³/mol. The molecule has 0 saturated heterocycles. The molecule has 0 spiro atoms. The van der Waals surface area contributed by atoms with Crippen LogP contribution in [0.3, 0.4) is 0 Å². The highest BCUT2D eigenvalue weighted by Gasteiger charge is 2.30. The SMILES string of the molecule is CC[C@@H](C(=O)NC(C)(C)C)N(Cc1ccccc1)C(=O)CSCc1ccc(Br)cc1. The van der Waals surface area contributed by atoms with Crippen LogP contribution in [0.5, 0.6) is 0 Å². The van der Waals surface area contributed by atoms with Crippen molar-refractivity contribution in [1.29, 1.82) is 0 Å². The van der Waals surface area contributed by atoms with E-state index in [1.54, 1.807) is 16.7 Å². The molecule has 2 aromatic carbocycles. The third-order valence-corrected chi connectivity index (χ3v) is 6.00. The number of amides is 2. The van der Waals surface area contributed by atoms with Gasteiger partial charge in [-0.05, 0) is 50.5 Å². The van der Waals surface area contributed by atoms with Crippen LogP contribution in [0, 0.1) is 0 Å². The van der Waals surface area contributed by atoms with Crippen molar-refractivity contribution in [3.8, 4) is 0 Å². The van der Waals surface area contributed by atoms with Gasteiger partial charge in [0.15, 0.2) is 0 Å². The molecule has 0 aromatic heterocycles. The van der Waals surface area contributed by atoms with Gasteiger partial charge in [-0.3, -0.25) is 9.59 Å². The first kappa shape index (κ1) is 24.5. The fourth-order valence-electron chi connectivity index (χ4n) is 3.07. The monoisotopic (exact) mass is 490 g/mol. The molecule has 6 heteroatoms. The van der Waals surface area contributed by atoms with Crippen molar-refractivity contribution in [2.24, 2.45) is 0 Å². The minimum absolute atomic E-state index is 0.0168. The Labute approximate surface area is 192 Å². The molecule has 0 heterocycles. The number of thioether (sulfide) groups is 1. The fraction of sp³-hybridized carbons (Fsp3) is 0.417. The summed E-state index contributed by atoms with van der Waals surface area (Å²) < 4.78 is 1.04. The zero-order valence-corrected chi connectivity index (χ0v) is 20.6. The van der Waals surface area contributed by atoms with Crippen LogP contribution < -0.4 is 5.32 Å². The van der Waals surface area contributed by atoms with Crippen LogP contribution in [0.1, 0.15) is 45.2 Å². The third-order valence-electron chi connectivity index (χ3n) is 4.49. The lowest BCUT2D eigenvalue weighted by atomic mass is 10.1. The van der Waals surface area contributed by atoms with E-state index in [1.807, 2.05) is 70.2 Å². The maximum absolute atomic E-state index is 13.2. The van der Waals surface area contributed by atoms with Crippen molar-refractivity contribution in [3.05, 3.63) is 70.2 Å². The van der Waals surface area contributed by atoms with Gasteiger partial charge >= 0.3 is 0 Å². The molecule has 0 bridgehead atoms. The Bertz CT molecular complexity index is 819. The van der Waals surface area contributed by atoms with Crippen LogP contribution in [0.15, 0.2) is 59.1 Å². The molecular weight excluding hydrogens is 460 g/mol. The molecular formula is C24H31BrN2O2S. The first-order valence-corrected chi connectivity index (χ1v) is 12.1. The van der Waals surface area contributed by atoms with E-state index in [4.69, 9.17) is 0 Å². The number of rotatable bonds is 9. The van der Waals surface area contributed by atoms with Crippen LogP contribution in [0.2, 0.25) is 0 Å². The molecule has 0 aliphatic rings. The van der Waals surface area contributed by atoms with Gasteiger partial charge in [0.25, 0.3) is 0 Å². The number of nitrogens with zero attached hydrogens (tertiary/aromatic N) is 1. The lowest BCUT2D eigenvalue weighted by Gasteiger charge is -2.33. The van der Waals surface area contributed by atoms with Gasteiger partial charge in [-0.25, -0.2) is 0 Å². The summed E-state index contributed by atoms with van der Waals surface area (Å²) in [4.78, 5) is 27.8. The molecule has 2 amide bonds. The smallest absolute Gasteiger partial charge is 0.243 e.